The Labute approximate surface area is 192 Å². The maximum absolute atomic E-state index is 12.7. The molecule has 4 rings (SSSR count). The molecule has 0 aliphatic rings. The van der Waals surface area contributed by atoms with E-state index in [1.807, 2.05) is 0 Å². The zero-order valence-corrected chi connectivity index (χ0v) is 18.6. The van der Waals surface area contributed by atoms with Gasteiger partial charge < -0.3 is 15.1 Å². The number of furan rings is 1. The third-order valence-corrected chi connectivity index (χ3v) is 4.97. The second-order valence-corrected chi connectivity index (χ2v) is 7.44. The smallest absolute Gasteiger partial charge is 0.312 e. The summed E-state index contributed by atoms with van der Waals surface area (Å²) in [7, 11) is 1.63. The number of nitrogens with one attached hydrogen (secondary N) is 2. The maximum Gasteiger partial charge on any atom is 0.312 e. The van der Waals surface area contributed by atoms with Crippen LogP contribution in [0.1, 0.15) is 38.1 Å². The molecule has 0 saturated carbocycles. The monoisotopic (exact) mass is 467 g/mol. The maximum atomic E-state index is 12.7. The van der Waals surface area contributed by atoms with Crippen LogP contribution in [-0.2, 0) is 20.3 Å². The molecular weight excluding hydrogens is 446 g/mol. The van der Waals surface area contributed by atoms with Crippen LogP contribution in [0.3, 0.4) is 0 Å². The fourth-order valence-electron chi connectivity index (χ4n) is 3.39. The molecule has 0 bridgehead atoms. The van der Waals surface area contributed by atoms with Crippen LogP contribution in [0.25, 0.3) is 0 Å². The van der Waals surface area contributed by atoms with E-state index in [1.54, 1.807) is 39.2 Å². The first-order valence-electron chi connectivity index (χ1n) is 10.1. The van der Waals surface area contributed by atoms with E-state index in [9.17, 15) is 19.7 Å². The van der Waals surface area contributed by atoms with Gasteiger partial charge in [-0.25, -0.2) is 4.68 Å². The Balaban J connectivity index is 1.45. The molecule has 0 unspecified atom stereocenters. The second-order valence-electron chi connectivity index (χ2n) is 7.44. The topological polar surface area (TPSA) is 168 Å². The molecule has 34 heavy (non-hydrogen) atoms. The molecule has 4 aromatic heterocycles. The van der Waals surface area contributed by atoms with Gasteiger partial charge >= 0.3 is 5.69 Å². The predicted octanol–water partition coefficient (Wildman–Crippen LogP) is 1.62. The van der Waals surface area contributed by atoms with Crippen molar-refractivity contribution in [1.29, 1.82) is 0 Å². The molecule has 0 aliphatic carbocycles. The summed E-state index contributed by atoms with van der Waals surface area (Å²) in [6, 6.07) is 4.92. The Morgan fingerprint density at radius 3 is 2.65 bits per heavy atom. The van der Waals surface area contributed by atoms with Crippen molar-refractivity contribution < 1.29 is 18.9 Å². The van der Waals surface area contributed by atoms with Gasteiger partial charge in [0.15, 0.2) is 11.4 Å². The van der Waals surface area contributed by atoms with Gasteiger partial charge in [-0.3, -0.25) is 29.1 Å². The number of aromatic nitrogens is 6. The van der Waals surface area contributed by atoms with E-state index in [2.05, 4.69) is 25.9 Å². The molecule has 4 heterocycles. The Bertz CT molecular complexity index is 1360. The van der Waals surface area contributed by atoms with Crippen molar-refractivity contribution in [2.24, 2.45) is 7.05 Å². The third kappa shape index (κ3) is 4.55. The number of nitro groups is 1. The normalized spacial score (nSPS) is 10.9. The quantitative estimate of drug-likeness (QED) is 0.291. The first-order chi connectivity index (χ1) is 16.2. The fraction of sp³-hybridized carbons (Fsp3) is 0.250. The summed E-state index contributed by atoms with van der Waals surface area (Å²) >= 11 is 0. The van der Waals surface area contributed by atoms with Crippen LogP contribution in [0.4, 0.5) is 11.4 Å². The number of carbonyl (C=O) groups is 2. The summed E-state index contributed by atoms with van der Waals surface area (Å²) in [5, 5.41) is 29.0. The molecule has 0 spiro atoms. The van der Waals surface area contributed by atoms with Gasteiger partial charge in [-0.2, -0.15) is 15.3 Å². The molecule has 0 aromatic carbocycles. The summed E-state index contributed by atoms with van der Waals surface area (Å²) < 4.78 is 9.46. The minimum absolute atomic E-state index is 0.0387. The number of amides is 2. The second kappa shape index (κ2) is 9.01. The molecule has 0 fully saturated rings. The van der Waals surface area contributed by atoms with Crippen LogP contribution in [0.2, 0.25) is 0 Å². The van der Waals surface area contributed by atoms with Gasteiger partial charge in [-0.15, -0.1) is 0 Å². The number of carbonyl (C=O) groups excluding carboxylic acids is 2. The van der Waals surface area contributed by atoms with Crippen molar-refractivity contribution in [3.8, 4) is 0 Å². The number of anilines is 1. The van der Waals surface area contributed by atoms with E-state index < -0.39 is 16.7 Å². The van der Waals surface area contributed by atoms with Crippen molar-refractivity contribution in [3.05, 3.63) is 75.5 Å². The van der Waals surface area contributed by atoms with Gasteiger partial charge in [-0.05, 0) is 32.0 Å². The highest BCUT2D eigenvalue weighted by Gasteiger charge is 2.23. The molecule has 2 amide bonds. The number of hydrogen-bond donors (Lipinski definition) is 2. The number of hydrogen-bond acceptors (Lipinski definition) is 8. The fourth-order valence-corrected chi connectivity index (χ4v) is 3.39. The van der Waals surface area contributed by atoms with Crippen LogP contribution in [0.5, 0.6) is 0 Å². The molecule has 0 radical (unpaired) electrons. The molecule has 0 aliphatic heterocycles. The minimum atomic E-state index is -0.550. The highest BCUT2D eigenvalue weighted by molar-refractivity contribution is 6.07. The van der Waals surface area contributed by atoms with Crippen molar-refractivity contribution in [3.63, 3.8) is 0 Å². The first kappa shape index (κ1) is 22.4. The molecule has 176 valence electrons. The lowest BCUT2D eigenvalue weighted by Gasteiger charge is -2.05. The van der Waals surface area contributed by atoms with Crippen LogP contribution < -0.4 is 10.6 Å². The minimum Gasteiger partial charge on any atom is -0.467 e. The average Bonchev–Trinajstić information content (AvgIpc) is 3.55. The molecule has 0 atom stereocenters. The number of aryl methyl sites for hydroxylation is 2. The zero-order valence-electron chi connectivity index (χ0n) is 18.6. The molecule has 0 saturated heterocycles. The van der Waals surface area contributed by atoms with Crippen LogP contribution in [0.15, 0.2) is 41.3 Å². The Morgan fingerprint density at radius 2 is 1.97 bits per heavy atom. The van der Waals surface area contributed by atoms with E-state index in [-0.39, 0.29) is 36.0 Å². The van der Waals surface area contributed by atoms with Gasteiger partial charge in [0.25, 0.3) is 11.8 Å². The van der Waals surface area contributed by atoms with E-state index in [1.165, 1.54) is 32.6 Å². The van der Waals surface area contributed by atoms with Gasteiger partial charge in [0.05, 0.1) is 23.4 Å². The van der Waals surface area contributed by atoms with E-state index in [0.717, 1.165) is 0 Å². The zero-order chi connectivity index (χ0) is 24.4. The van der Waals surface area contributed by atoms with Crippen molar-refractivity contribution in [2.75, 3.05) is 5.32 Å². The average molecular weight is 467 g/mol. The van der Waals surface area contributed by atoms with Gasteiger partial charge in [-0.1, -0.05) is 0 Å². The number of rotatable bonds is 8. The Kier molecular flexibility index (Phi) is 5.95. The molecular formula is C20H21N9O5. The molecule has 14 nitrogen and oxygen atoms in total. The van der Waals surface area contributed by atoms with Gasteiger partial charge in [0.1, 0.15) is 23.8 Å². The van der Waals surface area contributed by atoms with E-state index >= 15 is 0 Å². The lowest BCUT2D eigenvalue weighted by Crippen LogP contribution is -2.25. The summed E-state index contributed by atoms with van der Waals surface area (Å²) in [5.41, 5.74) is 0.956. The van der Waals surface area contributed by atoms with Crippen LogP contribution in [0, 0.1) is 24.0 Å². The van der Waals surface area contributed by atoms with E-state index in [0.29, 0.717) is 17.1 Å². The summed E-state index contributed by atoms with van der Waals surface area (Å²) in [6.07, 6.45) is 4.56. The lowest BCUT2D eigenvalue weighted by molar-refractivity contribution is -0.386. The first-order valence-corrected chi connectivity index (χ1v) is 10.1. The number of nitrogens with zero attached hydrogens (tertiary/aromatic N) is 7. The Morgan fingerprint density at radius 1 is 1.18 bits per heavy atom. The van der Waals surface area contributed by atoms with E-state index in [4.69, 9.17) is 4.42 Å². The summed E-state index contributed by atoms with van der Waals surface area (Å²) in [5.74, 6) is -0.455. The lowest BCUT2D eigenvalue weighted by atomic mass is 10.3. The predicted molar refractivity (Wildman–Crippen MR) is 117 cm³/mol. The van der Waals surface area contributed by atoms with Gasteiger partial charge in [0.2, 0.25) is 0 Å². The van der Waals surface area contributed by atoms with Crippen LogP contribution in [-0.4, -0.2) is 46.1 Å². The standard InChI is InChI=1S/C20H21N9O5/c1-12-18(29(32)33)13(2)28(23-12)11-27-7-6-15(24-27)19(30)22-16-10-26(3)25-17(16)20(31)21-9-14-5-4-8-34-14/h4-8,10H,9,11H2,1-3H3,(H,21,31)(H,22,30). The highest BCUT2D eigenvalue weighted by Crippen LogP contribution is 2.21. The Hall–Kier alpha value is -4.75. The molecule has 4 aromatic rings. The summed E-state index contributed by atoms with van der Waals surface area (Å²) in [4.78, 5) is 36.0. The van der Waals surface area contributed by atoms with Crippen molar-refractivity contribution in [2.45, 2.75) is 27.1 Å². The van der Waals surface area contributed by atoms with Crippen LogP contribution >= 0.6 is 0 Å². The van der Waals surface area contributed by atoms with Gasteiger partial charge in [0, 0.05) is 19.4 Å². The van der Waals surface area contributed by atoms with Crippen molar-refractivity contribution >= 4 is 23.2 Å². The molecule has 2 N–H and O–H groups in total. The largest absolute Gasteiger partial charge is 0.467 e. The SMILES string of the molecule is Cc1nn(Cn2ccc(C(=O)Nc3cn(C)nc3C(=O)NCc3ccco3)n2)c(C)c1[N+](=O)[O-]. The summed E-state index contributed by atoms with van der Waals surface area (Å²) in [6.45, 7) is 3.40. The highest BCUT2D eigenvalue weighted by atomic mass is 16.6. The third-order valence-electron chi connectivity index (χ3n) is 4.97. The molecule has 14 heteroatoms. The van der Waals surface area contributed by atoms with Crippen molar-refractivity contribution in [1.82, 2.24) is 34.7 Å².